The van der Waals surface area contributed by atoms with Crippen LogP contribution in [0.5, 0.6) is 0 Å². The Morgan fingerprint density at radius 1 is 0.966 bits per heavy atom. The molecule has 0 radical (unpaired) electrons. The lowest BCUT2D eigenvalue weighted by atomic mass is 10.1. The standard InChI is InChI=1S/C21H24N6O2/c1-13-11-14(2)27(26-13)20-12-19(24-16(4)25-20)22-9-10-23-21(29)18-7-5-17(6-8-18)15(3)28/h5-8,11-12H,9-10H2,1-4H3,(H,23,29)(H,22,24,25). The first-order chi connectivity index (χ1) is 13.8. The van der Waals surface area contributed by atoms with Gasteiger partial charge in [-0.1, -0.05) is 12.1 Å². The number of ketones is 1. The lowest BCUT2D eigenvalue weighted by Gasteiger charge is -2.10. The van der Waals surface area contributed by atoms with Crippen molar-refractivity contribution in [2.75, 3.05) is 18.4 Å². The van der Waals surface area contributed by atoms with Crippen LogP contribution < -0.4 is 10.6 Å². The Hall–Kier alpha value is -3.55. The first-order valence-corrected chi connectivity index (χ1v) is 9.36. The van der Waals surface area contributed by atoms with Crippen LogP contribution in [0.2, 0.25) is 0 Å². The highest BCUT2D eigenvalue weighted by Crippen LogP contribution is 2.13. The van der Waals surface area contributed by atoms with E-state index < -0.39 is 0 Å². The molecule has 8 heteroatoms. The second-order valence-corrected chi connectivity index (χ2v) is 6.81. The monoisotopic (exact) mass is 392 g/mol. The Kier molecular flexibility index (Phi) is 6.01. The molecule has 2 heterocycles. The van der Waals surface area contributed by atoms with Crippen molar-refractivity contribution in [3.05, 3.63) is 64.7 Å². The third-order valence-corrected chi connectivity index (χ3v) is 4.32. The van der Waals surface area contributed by atoms with Crippen molar-refractivity contribution in [2.45, 2.75) is 27.7 Å². The molecule has 0 aliphatic rings. The van der Waals surface area contributed by atoms with E-state index in [4.69, 9.17) is 0 Å². The summed E-state index contributed by atoms with van der Waals surface area (Å²) in [5.41, 5.74) is 3.02. The second kappa shape index (κ2) is 8.64. The topological polar surface area (TPSA) is 102 Å². The zero-order chi connectivity index (χ0) is 21.0. The summed E-state index contributed by atoms with van der Waals surface area (Å²) in [6.45, 7) is 8.16. The summed E-state index contributed by atoms with van der Waals surface area (Å²) in [4.78, 5) is 32.4. The molecule has 1 amide bonds. The first-order valence-electron chi connectivity index (χ1n) is 9.36. The number of aryl methyl sites for hydroxylation is 3. The average Bonchev–Trinajstić information content (AvgIpc) is 3.03. The normalized spacial score (nSPS) is 10.6. The van der Waals surface area contributed by atoms with Gasteiger partial charge in [0.1, 0.15) is 11.6 Å². The minimum absolute atomic E-state index is 0.0267. The van der Waals surface area contributed by atoms with Gasteiger partial charge in [0.25, 0.3) is 5.91 Å². The maximum absolute atomic E-state index is 12.2. The molecule has 150 valence electrons. The number of nitrogens with zero attached hydrogens (tertiary/aromatic N) is 4. The van der Waals surface area contributed by atoms with Gasteiger partial charge < -0.3 is 10.6 Å². The number of Topliss-reactive ketones (excluding diaryl/α,β-unsaturated/α-hetero) is 1. The lowest BCUT2D eigenvalue weighted by Crippen LogP contribution is -2.29. The summed E-state index contributed by atoms with van der Waals surface area (Å²) < 4.78 is 1.78. The number of hydrogen-bond donors (Lipinski definition) is 2. The number of amides is 1. The average molecular weight is 392 g/mol. The van der Waals surface area contributed by atoms with Gasteiger partial charge in [-0.05, 0) is 45.9 Å². The number of hydrogen-bond acceptors (Lipinski definition) is 6. The Bertz CT molecular complexity index is 1040. The van der Waals surface area contributed by atoms with Crippen LogP contribution in [0.3, 0.4) is 0 Å². The van der Waals surface area contributed by atoms with Gasteiger partial charge in [-0.3, -0.25) is 9.59 Å². The molecule has 0 saturated carbocycles. The van der Waals surface area contributed by atoms with Crippen molar-refractivity contribution in [1.29, 1.82) is 0 Å². The quantitative estimate of drug-likeness (QED) is 0.473. The molecule has 2 aromatic heterocycles. The largest absolute Gasteiger partial charge is 0.368 e. The van der Waals surface area contributed by atoms with Gasteiger partial charge >= 0.3 is 0 Å². The summed E-state index contributed by atoms with van der Waals surface area (Å²) >= 11 is 0. The summed E-state index contributed by atoms with van der Waals surface area (Å²) in [5.74, 6) is 1.78. The van der Waals surface area contributed by atoms with Crippen LogP contribution in [0, 0.1) is 20.8 Å². The van der Waals surface area contributed by atoms with E-state index in [0.29, 0.717) is 41.7 Å². The number of carbonyl (C=O) groups is 2. The molecule has 3 rings (SSSR count). The van der Waals surface area contributed by atoms with E-state index >= 15 is 0 Å². The highest BCUT2D eigenvalue weighted by molar-refractivity contribution is 5.97. The Balaban J connectivity index is 1.57. The van der Waals surface area contributed by atoms with Crippen LogP contribution in [0.15, 0.2) is 36.4 Å². The summed E-state index contributed by atoms with van der Waals surface area (Å²) in [6, 6.07) is 10.4. The van der Waals surface area contributed by atoms with Crippen LogP contribution in [-0.2, 0) is 0 Å². The predicted molar refractivity (Wildman–Crippen MR) is 111 cm³/mol. The maximum Gasteiger partial charge on any atom is 0.251 e. The van der Waals surface area contributed by atoms with Crippen LogP contribution >= 0.6 is 0 Å². The van der Waals surface area contributed by atoms with Gasteiger partial charge in [-0.15, -0.1) is 0 Å². The third kappa shape index (κ3) is 5.04. The first kappa shape index (κ1) is 20.2. The minimum Gasteiger partial charge on any atom is -0.368 e. The molecule has 0 atom stereocenters. The van der Waals surface area contributed by atoms with Gasteiger partial charge in [-0.2, -0.15) is 5.10 Å². The predicted octanol–water partition coefficient (Wildman–Crippen LogP) is 2.63. The van der Waals surface area contributed by atoms with Gasteiger partial charge in [0.15, 0.2) is 11.6 Å². The molecule has 29 heavy (non-hydrogen) atoms. The van der Waals surface area contributed by atoms with E-state index in [-0.39, 0.29) is 11.7 Å². The van der Waals surface area contributed by atoms with Crippen LogP contribution in [0.1, 0.15) is 44.9 Å². The van der Waals surface area contributed by atoms with Crippen molar-refractivity contribution < 1.29 is 9.59 Å². The molecular weight excluding hydrogens is 368 g/mol. The van der Waals surface area contributed by atoms with E-state index in [1.807, 2.05) is 32.9 Å². The number of rotatable bonds is 7. The van der Waals surface area contributed by atoms with E-state index in [9.17, 15) is 9.59 Å². The smallest absolute Gasteiger partial charge is 0.251 e. The van der Waals surface area contributed by atoms with Crippen molar-refractivity contribution >= 4 is 17.5 Å². The fourth-order valence-electron chi connectivity index (χ4n) is 2.94. The molecule has 0 unspecified atom stereocenters. The van der Waals surface area contributed by atoms with Gasteiger partial charge in [-0.25, -0.2) is 14.6 Å². The van der Waals surface area contributed by atoms with Crippen LogP contribution in [0.25, 0.3) is 5.82 Å². The van der Waals surface area contributed by atoms with Gasteiger partial charge in [0, 0.05) is 36.0 Å². The Labute approximate surface area is 169 Å². The minimum atomic E-state index is -0.191. The van der Waals surface area contributed by atoms with Gasteiger partial charge in [0.05, 0.1) is 5.69 Å². The van der Waals surface area contributed by atoms with E-state index in [1.54, 1.807) is 28.9 Å². The zero-order valence-corrected chi connectivity index (χ0v) is 17.0. The molecule has 0 bridgehead atoms. The molecule has 1 aromatic carbocycles. The van der Waals surface area contributed by atoms with E-state index in [1.165, 1.54) is 6.92 Å². The number of nitrogens with one attached hydrogen (secondary N) is 2. The Morgan fingerprint density at radius 2 is 1.66 bits per heavy atom. The number of carbonyl (C=O) groups excluding carboxylic acids is 2. The van der Waals surface area contributed by atoms with Crippen molar-refractivity contribution in [2.24, 2.45) is 0 Å². The lowest BCUT2D eigenvalue weighted by molar-refractivity contribution is 0.0953. The fourth-order valence-corrected chi connectivity index (χ4v) is 2.94. The SMILES string of the molecule is CC(=O)c1ccc(C(=O)NCCNc2cc(-n3nc(C)cc3C)nc(C)n2)cc1. The highest BCUT2D eigenvalue weighted by atomic mass is 16.1. The van der Waals surface area contributed by atoms with E-state index in [2.05, 4.69) is 25.7 Å². The fraction of sp³-hybridized carbons (Fsp3) is 0.286. The molecule has 0 fully saturated rings. The van der Waals surface area contributed by atoms with Gasteiger partial charge in [0.2, 0.25) is 0 Å². The number of aromatic nitrogens is 4. The van der Waals surface area contributed by atoms with Crippen molar-refractivity contribution in [3.8, 4) is 5.82 Å². The summed E-state index contributed by atoms with van der Waals surface area (Å²) in [5, 5.41) is 10.5. The zero-order valence-electron chi connectivity index (χ0n) is 17.0. The molecule has 0 aliphatic carbocycles. The highest BCUT2D eigenvalue weighted by Gasteiger charge is 2.09. The van der Waals surface area contributed by atoms with Crippen LogP contribution in [0.4, 0.5) is 5.82 Å². The number of benzene rings is 1. The molecule has 2 N–H and O–H groups in total. The van der Waals surface area contributed by atoms with Crippen molar-refractivity contribution in [3.63, 3.8) is 0 Å². The summed E-state index contributed by atoms with van der Waals surface area (Å²) in [6.07, 6.45) is 0. The molecule has 8 nitrogen and oxygen atoms in total. The molecular formula is C21H24N6O2. The molecule has 0 saturated heterocycles. The molecule has 0 aliphatic heterocycles. The maximum atomic E-state index is 12.2. The summed E-state index contributed by atoms with van der Waals surface area (Å²) in [7, 11) is 0. The van der Waals surface area contributed by atoms with Crippen LogP contribution in [-0.4, -0.2) is 44.5 Å². The third-order valence-electron chi connectivity index (χ3n) is 4.32. The number of anilines is 1. The molecule has 0 spiro atoms. The second-order valence-electron chi connectivity index (χ2n) is 6.81. The van der Waals surface area contributed by atoms with Crippen molar-refractivity contribution in [1.82, 2.24) is 25.1 Å². The Morgan fingerprint density at radius 3 is 2.28 bits per heavy atom. The molecule has 3 aromatic rings. The van der Waals surface area contributed by atoms with E-state index in [0.717, 1.165) is 11.4 Å².